The van der Waals surface area contributed by atoms with Gasteiger partial charge in [-0.2, -0.15) is 35.1 Å². The van der Waals surface area contributed by atoms with Crippen molar-refractivity contribution >= 4 is 71.6 Å². The van der Waals surface area contributed by atoms with Crippen molar-refractivity contribution in [3.63, 3.8) is 0 Å². The Morgan fingerprint density at radius 2 is 0.575 bits per heavy atom. The van der Waals surface area contributed by atoms with Crippen LogP contribution in [-0.4, -0.2) is 244 Å². The maximum Gasteiger partial charge on any atom is 0.377 e. The van der Waals surface area contributed by atoms with Crippen LogP contribution < -0.4 is 0 Å². The molecule has 30 nitrogen and oxygen atoms in total. The van der Waals surface area contributed by atoms with Gasteiger partial charge in [0.1, 0.15) is 101 Å². The number of hydrogen-bond acceptors (Lipinski definition) is 30. The Morgan fingerprint density at radius 3 is 0.825 bits per heavy atom. The number of esters is 12. The van der Waals surface area contributed by atoms with E-state index in [1.165, 1.54) is 28.1 Å². The fraction of sp³-hybridized carbons (Fsp3) is 0.854. The lowest BCUT2D eigenvalue weighted by Gasteiger charge is -2.59. The van der Waals surface area contributed by atoms with Crippen LogP contribution in [0.1, 0.15) is 213 Å². The van der Waals surface area contributed by atoms with Crippen LogP contribution in [0.2, 0.25) is 0 Å². The fourth-order valence-corrected chi connectivity index (χ4v) is 21.5. The van der Waals surface area contributed by atoms with Gasteiger partial charge >= 0.3 is 95.3 Å². The van der Waals surface area contributed by atoms with Crippen LogP contribution in [0.3, 0.4) is 0 Å². The molecule has 16 bridgehead atoms. The van der Waals surface area contributed by atoms with Crippen molar-refractivity contribution in [2.45, 2.75) is 284 Å². The number of methoxy groups -OCH3 is 2. The Kier molecular flexibility index (Phi) is 35.4. The van der Waals surface area contributed by atoms with Gasteiger partial charge in [-0.05, 0) is 188 Å². The lowest BCUT2D eigenvalue weighted by Crippen LogP contribution is -2.60. The number of halogens is 8. The summed E-state index contributed by atoms with van der Waals surface area (Å²) in [5.41, 5.74) is -5.39. The minimum absolute atomic E-state index is 0. The lowest BCUT2D eigenvalue weighted by atomic mass is 9.48. The molecule has 0 aliphatic heterocycles. The van der Waals surface area contributed by atoms with Crippen LogP contribution in [0.15, 0.2) is 0 Å². The smallest absolute Gasteiger partial charge is 0.377 e. The lowest BCUT2D eigenvalue weighted by molar-refractivity contribution is -0.225. The highest BCUT2D eigenvalue weighted by molar-refractivity contribution is 5.82. The highest BCUT2D eigenvalue weighted by atomic mass is 19.3. The predicted octanol–water partition coefficient (Wildman–Crippen LogP) is 9.47. The van der Waals surface area contributed by atoms with Crippen molar-refractivity contribution in [2.24, 2.45) is 80.8 Å². The SMILES string of the molecule is C.C.C.C.CC(=O)OCC(O)COC(=O)C12CC3CC(C1)C(OC(=O)C(C)(F)F)C(C3)C2.CC(=O)OCC(O)COC(=O)C12CC3CC(CC(OC(=O)C(C)(F)F)(C3)C1)C2.COC(=O)COCC(O)COC(=O)C12CC3CC(C1)C(OC(=O)C(C)(F)F)C(C3)C2.COC(=O)COCC(O)COC(=O)C12CC3CC(CC(OC(=O)C(C)(F)F)(C3)C1)C2. The first-order valence-electron chi connectivity index (χ1n) is 39.3. The average Bonchev–Trinajstić information content (AvgIpc) is 0.729. The van der Waals surface area contributed by atoms with E-state index in [1.54, 1.807) is 0 Å². The molecule has 16 fully saturated rings. The quantitative estimate of drug-likeness (QED) is 0.0276. The van der Waals surface area contributed by atoms with Gasteiger partial charge in [-0.15, -0.1) is 0 Å². The molecule has 0 amide bonds. The van der Waals surface area contributed by atoms with E-state index >= 15 is 0 Å². The van der Waals surface area contributed by atoms with E-state index < -0.39 is 165 Å². The van der Waals surface area contributed by atoms with Gasteiger partial charge < -0.3 is 86.7 Å². The molecule has 688 valence electrons. The number of carbonyl (C=O) groups excluding carboxylic acids is 12. The van der Waals surface area contributed by atoms with Gasteiger partial charge in [-0.25, -0.2) is 28.8 Å². The Morgan fingerprint density at radius 1 is 0.333 bits per heavy atom. The van der Waals surface area contributed by atoms with Gasteiger partial charge in [-0.1, -0.05) is 29.7 Å². The minimum atomic E-state index is -3.59. The topological polar surface area (TPSA) is 415 Å². The molecule has 0 heterocycles. The van der Waals surface area contributed by atoms with Crippen LogP contribution in [0.25, 0.3) is 0 Å². The molecule has 0 saturated heterocycles. The molecule has 16 saturated carbocycles. The zero-order valence-corrected chi connectivity index (χ0v) is 66.3. The number of alkyl halides is 8. The van der Waals surface area contributed by atoms with E-state index in [4.69, 9.17) is 47.4 Å². The highest BCUT2D eigenvalue weighted by Crippen LogP contribution is 2.67. The maximum atomic E-state index is 13.4. The molecule has 120 heavy (non-hydrogen) atoms. The van der Waals surface area contributed by atoms with Gasteiger partial charge in [0.05, 0.1) is 49.1 Å². The Hall–Kier alpha value is -7.16. The average molecular weight is 1740 g/mol. The van der Waals surface area contributed by atoms with Crippen LogP contribution in [0, 0.1) is 80.8 Å². The van der Waals surface area contributed by atoms with Crippen molar-refractivity contribution in [2.75, 3.05) is 80.3 Å². The van der Waals surface area contributed by atoms with Gasteiger partial charge in [0.25, 0.3) is 0 Å². The van der Waals surface area contributed by atoms with Crippen molar-refractivity contribution in [1.29, 1.82) is 0 Å². The fourth-order valence-electron chi connectivity index (χ4n) is 21.5. The number of aliphatic hydroxyl groups excluding tert-OH is 4. The third-order valence-electron chi connectivity index (χ3n) is 24.8. The first kappa shape index (κ1) is 103. The summed E-state index contributed by atoms with van der Waals surface area (Å²) >= 11 is 0. The second-order valence-electron chi connectivity index (χ2n) is 35.2. The molecular formula is C82H124F8O30. The second kappa shape index (κ2) is 41.1. The van der Waals surface area contributed by atoms with Crippen molar-refractivity contribution < 1.29 is 179 Å². The first-order valence-corrected chi connectivity index (χ1v) is 39.3. The summed E-state index contributed by atoms with van der Waals surface area (Å²) in [6.07, 6.45) is 6.51. The molecule has 16 rings (SSSR count). The summed E-state index contributed by atoms with van der Waals surface area (Å²) in [5, 5.41) is 39.4. The molecular weight excluding hydrogens is 1620 g/mol. The zero-order valence-electron chi connectivity index (χ0n) is 66.3. The number of rotatable bonds is 32. The third-order valence-corrected chi connectivity index (χ3v) is 24.8. The summed E-state index contributed by atoms with van der Waals surface area (Å²) < 4.78 is 177. The van der Waals surface area contributed by atoms with E-state index in [-0.39, 0.29) is 168 Å². The molecule has 16 aliphatic rings. The third kappa shape index (κ3) is 26.0. The summed E-state index contributed by atoms with van der Waals surface area (Å²) in [7, 11) is 2.43. The monoisotopic (exact) mass is 1740 g/mol. The Labute approximate surface area is 693 Å². The number of ether oxygens (including phenoxy) is 14. The molecule has 0 aromatic carbocycles. The van der Waals surface area contributed by atoms with Crippen LogP contribution in [0.4, 0.5) is 35.1 Å². The second-order valence-corrected chi connectivity index (χ2v) is 35.2. The molecule has 16 aliphatic carbocycles. The normalized spacial score (nSPS) is 32.7. The Bertz CT molecular complexity index is 3510. The van der Waals surface area contributed by atoms with E-state index in [0.29, 0.717) is 118 Å². The van der Waals surface area contributed by atoms with Gasteiger partial charge in [0, 0.05) is 54.4 Å². The van der Waals surface area contributed by atoms with Crippen LogP contribution >= 0.6 is 0 Å². The maximum absolute atomic E-state index is 13.4. The molecule has 0 aromatic heterocycles. The van der Waals surface area contributed by atoms with Crippen LogP contribution in [-0.2, 0) is 124 Å². The molecule has 12 unspecified atom stereocenters. The molecule has 0 radical (unpaired) electrons. The molecule has 4 N–H and O–H groups in total. The van der Waals surface area contributed by atoms with E-state index in [2.05, 4.69) is 18.9 Å². The summed E-state index contributed by atoms with van der Waals surface area (Å²) in [5.74, 6) is -24.2. The van der Waals surface area contributed by atoms with E-state index in [0.717, 1.165) is 38.5 Å². The number of carbonyl (C=O) groups is 12. The minimum Gasteiger partial charge on any atom is -0.467 e. The predicted molar refractivity (Wildman–Crippen MR) is 400 cm³/mol. The zero-order chi connectivity index (χ0) is 85.7. The molecule has 0 aromatic rings. The van der Waals surface area contributed by atoms with Crippen molar-refractivity contribution in [3.05, 3.63) is 0 Å². The van der Waals surface area contributed by atoms with Crippen molar-refractivity contribution in [3.8, 4) is 0 Å². The van der Waals surface area contributed by atoms with Gasteiger partial charge in [-0.3, -0.25) is 28.8 Å². The van der Waals surface area contributed by atoms with E-state index in [1.807, 2.05) is 0 Å². The molecule has 12 atom stereocenters. The van der Waals surface area contributed by atoms with E-state index in [9.17, 15) is 113 Å². The molecule has 38 heteroatoms. The number of hydrogen-bond donors (Lipinski definition) is 4. The van der Waals surface area contributed by atoms with Gasteiger partial charge in [0.2, 0.25) is 0 Å². The first-order chi connectivity index (χ1) is 53.9. The largest absolute Gasteiger partial charge is 0.467 e. The summed E-state index contributed by atoms with van der Waals surface area (Å²) in [4.78, 5) is 142. The highest BCUT2D eigenvalue weighted by Gasteiger charge is 2.67. The summed E-state index contributed by atoms with van der Waals surface area (Å²) in [6, 6.07) is 0. The van der Waals surface area contributed by atoms with Crippen molar-refractivity contribution in [1.82, 2.24) is 0 Å². The Balaban J connectivity index is 0.000000282. The summed E-state index contributed by atoms with van der Waals surface area (Å²) in [6.45, 7) is 1.67. The molecule has 0 spiro atoms. The van der Waals surface area contributed by atoms with Gasteiger partial charge in [0.15, 0.2) is 0 Å². The standard InChI is InChI=1S/2C20H28F2O8.2C19H26F2O7.4CH4/c1-18(21,22)16(25)30-20-6-12-3-13(7-20)5-19(4-12,11-20)17(26)29-9-14(23)8-28-10-15(24)27-2;1-19(21,22)17(25)30-16-12-3-11-4-13(16)7-20(5-11,6-12)18(26)29-9-14(23)8-28-10-15(24)27-2;1-11(22)26-8-14(23)9-27-16(25)18-4-12-3-13(5-18)7-19(6-12,10-18)28-15(24)17(2,20)21;1-10(22)26-8-14(23)9-27-17(25)19-5-11-3-12(6-19)15(13(4-11)7-19)28-16(24)18(2,20)21;;;;/h12-14,23H,3-11H2,1-2H3;11-14,16,23H,3-10H2,1-2H3;12-14,23H,3-10H2,1-2H3;11-15,23H,3-9H2,1-2H3;4*1H4. The van der Waals surface area contributed by atoms with Crippen LogP contribution in [0.5, 0.6) is 0 Å². The number of aliphatic hydroxyl groups is 4.